The van der Waals surface area contributed by atoms with Gasteiger partial charge in [-0.2, -0.15) is 0 Å². The molecule has 0 aromatic carbocycles. The molecule has 2 aromatic rings. The highest BCUT2D eigenvalue weighted by atomic mass is 32.1. The SMILES string of the molecule is COCCC(C)(C)CNC(=O)c1sc2nccnc2c1N. The molecule has 0 saturated heterocycles. The summed E-state index contributed by atoms with van der Waals surface area (Å²) < 4.78 is 5.08. The van der Waals surface area contributed by atoms with E-state index in [-0.39, 0.29) is 11.3 Å². The molecule has 0 bridgehead atoms. The van der Waals surface area contributed by atoms with Gasteiger partial charge < -0.3 is 15.8 Å². The van der Waals surface area contributed by atoms with E-state index >= 15 is 0 Å². The van der Waals surface area contributed by atoms with Crippen molar-refractivity contribution in [3.63, 3.8) is 0 Å². The van der Waals surface area contributed by atoms with Crippen LogP contribution in [0, 0.1) is 5.41 Å². The first-order chi connectivity index (χ1) is 9.94. The van der Waals surface area contributed by atoms with Crippen molar-refractivity contribution in [1.82, 2.24) is 15.3 Å². The Kier molecular flexibility index (Phi) is 4.74. The van der Waals surface area contributed by atoms with Crippen molar-refractivity contribution in [3.05, 3.63) is 17.3 Å². The molecule has 6 nitrogen and oxygen atoms in total. The number of ether oxygens (including phenoxy) is 1. The van der Waals surface area contributed by atoms with E-state index in [1.165, 1.54) is 11.3 Å². The Morgan fingerprint density at radius 2 is 2.14 bits per heavy atom. The minimum Gasteiger partial charge on any atom is -0.396 e. The van der Waals surface area contributed by atoms with Crippen LogP contribution in [0.15, 0.2) is 12.4 Å². The van der Waals surface area contributed by atoms with Gasteiger partial charge in [-0.1, -0.05) is 13.8 Å². The number of nitrogen functional groups attached to an aromatic ring is 1. The Morgan fingerprint density at radius 1 is 1.43 bits per heavy atom. The third-order valence-corrected chi connectivity index (χ3v) is 4.38. The Hall–Kier alpha value is -1.73. The van der Waals surface area contributed by atoms with Crippen molar-refractivity contribution in [2.75, 3.05) is 26.0 Å². The predicted octanol–water partition coefficient (Wildman–Crippen LogP) is 2.07. The number of anilines is 1. The van der Waals surface area contributed by atoms with E-state index in [9.17, 15) is 4.79 Å². The average molecular weight is 308 g/mol. The lowest BCUT2D eigenvalue weighted by atomic mass is 9.90. The number of nitrogens with two attached hydrogens (primary N) is 1. The smallest absolute Gasteiger partial charge is 0.263 e. The van der Waals surface area contributed by atoms with Gasteiger partial charge in [0.2, 0.25) is 0 Å². The number of fused-ring (bicyclic) bond motifs is 1. The third-order valence-electron chi connectivity index (χ3n) is 3.28. The van der Waals surface area contributed by atoms with Gasteiger partial charge >= 0.3 is 0 Å². The highest BCUT2D eigenvalue weighted by Crippen LogP contribution is 2.30. The topological polar surface area (TPSA) is 90.1 Å². The van der Waals surface area contributed by atoms with Gasteiger partial charge in [-0.15, -0.1) is 11.3 Å². The van der Waals surface area contributed by atoms with Crippen LogP contribution >= 0.6 is 11.3 Å². The standard InChI is InChI=1S/C14H20N4O2S/c1-14(2,4-7-20-3)8-18-12(19)11-9(15)10-13(21-11)17-6-5-16-10/h5-6H,4,7-8,15H2,1-3H3,(H,18,19). The maximum atomic E-state index is 12.3. The molecule has 0 atom stereocenters. The lowest BCUT2D eigenvalue weighted by Crippen LogP contribution is -2.34. The largest absolute Gasteiger partial charge is 0.396 e. The fraction of sp³-hybridized carbons (Fsp3) is 0.500. The molecule has 0 fully saturated rings. The summed E-state index contributed by atoms with van der Waals surface area (Å²) in [6.07, 6.45) is 4.03. The van der Waals surface area contributed by atoms with E-state index < -0.39 is 0 Å². The van der Waals surface area contributed by atoms with Crippen LogP contribution in [-0.4, -0.2) is 36.1 Å². The molecule has 2 rings (SSSR count). The quantitative estimate of drug-likeness (QED) is 0.852. The first-order valence-corrected chi connectivity index (χ1v) is 7.52. The molecule has 0 radical (unpaired) electrons. The number of hydrogen-bond acceptors (Lipinski definition) is 6. The molecule has 21 heavy (non-hydrogen) atoms. The first kappa shape index (κ1) is 15.7. The van der Waals surface area contributed by atoms with Crippen LogP contribution in [0.2, 0.25) is 0 Å². The zero-order chi connectivity index (χ0) is 15.5. The summed E-state index contributed by atoms with van der Waals surface area (Å²) in [7, 11) is 1.67. The predicted molar refractivity (Wildman–Crippen MR) is 84.4 cm³/mol. The summed E-state index contributed by atoms with van der Waals surface area (Å²) in [5, 5.41) is 2.93. The first-order valence-electron chi connectivity index (χ1n) is 6.71. The maximum absolute atomic E-state index is 12.3. The molecule has 0 aliphatic rings. The number of amides is 1. The Labute approximate surface area is 127 Å². The van der Waals surface area contributed by atoms with Gasteiger partial charge in [-0.05, 0) is 11.8 Å². The zero-order valence-electron chi connectivity index (χ0n) is 12.5. The van der Waals surface area contributed by atoms with Crippen molar-refractivity contribution in [2.24, 2.45) is 5.41 Å². The molecule has 2 heterocycles. The lowest BCUT2D eigenvalue weighted by molar-refractivity contribution is 0.0926. The number of carbonyl (C=O) groups excluding carboxylic acids is 1. The van der Waals surface area contributed by atoms with Crippen LogP contribution in [0.4, 0.5) is 5.69 Å². The van der Waals surface area contributed by atoms with Crippen LogP contribution in [0.3, 0.4) is 0 Å². The number of aromatic nitrogens is 2. The number of methoxy groups -OCH3 is 1. The summed E-state index contributed by atoms with van der Waals surface area (Å²) >= 11 is 1.27. The average Bonchev–Trinajstić information content (AvgIpc) is 2.81. The van der Waals surface area contributed by atoms with E-state index in [0.29, 0.717) is 34.1 Å². The molecule has 0 unspecified atom stereocenters. The summed E-state index contributed by atoms with van der Waals surface area (Å²) in [6, 6.07) is 0. The monoisotopic (exact) mass is 308 g/mol. The van der Waals surface area contributed by atoms with Gasteiger partial charge in [0.25, 0.3) is 5.91 Å². The minimum atomic E-state index is -0.178. The highest BCUT2D eigenvalue weighted by molar-refractivity contribution is 7.21. The van der Waals surface area contributed by atoms with Crippen molar-refractivity contribution >= 4 is 33.3 Å². The molecule has 114 valence electrons. The van der Waals surface area contributed by atoms with Gasteiger partial charge in [0.1, 0.15) is 15.2 Å². The van der Waals surface area contributed by atoms with Crippen molar-refractivity contribution < 1.29 is 9.53 Å². The van der Waals surface area contributed by atoms with Crippen molar-refractivity contribution in [3.8, 4) is 0 Å². The number of hydrogen-bond donors (Lipinski definition) is 2. The van der Waals surface area contributed by atoms with E-state index in [1.54, 1.807) is 19.5 Å². The molecule has 2 aromatic heterocycles. The van der Waals surface area contributed by atoms with E-state index in [1.807, 2.05) is 0 Å². The Morgan fingerprint density at radius 3 is 2.81 bits per heavy atom. The second-order valence-corrected chi connectivity index (χ2v) is 6.64. The van der Waals surface area contributed by atoms with E-state index in [0.717, 1.165) is 6.42 Å². The van der Waals surface area contributed by atoms with Crippen LogP contribution in [0.1, 0.15) is 29.9 Å². The van der Waals surface area contributed by atoms with E-state index in [2.05, 4.69) is 29.1 Å². The fourth-order valence-corrected chi connectivity index (χ4v) is 2.82. The van der Waals surface area contributed by atoms with Crippen LogP contribution in [0.25, 0.3) is 10.3 Å². The van der Waals surface area contributed by atoms with E-state index in [4.69, 9.17) is 10.5 Å². The second kappa shape index (κ2) is 6.36. The van der Waals surface area contributed by atoms with Gasteiger partial charge in [0, 0.05) is 32.7 Å². The fourth-order valence-electron chi connectivity index (χ4n) is 1.88. The van der Waals surface area contributed by atoms with Crippen LogP contribution in [-0.2, 0) is 4.74 Å². The molecule has 7 heteroatoms. The molecular weight excluding hydrogens is 288 g/mol. The molecule has 0 saturated carbocycles. The Bertz CT molecular complexity index is 639. The zero-order valence-corrected chi connectivity index (χ0v) is 13.3. The molecule has 0 spiro atoms. The minimum absolute atomic E-state index is 0.0341. The number of carbonyl (C=O) groups is 1. The second-order valence-electron chi connectivity index (χ2n) is 5.64. The molecule has 3 N–H and O–H groups in total. The summed E-state index contributed by atoms with van der Waals surface area (Å²) in [6.45, 7) is 5.40. The molecule has 0 aliphatic carbocycles. The molecule has 1 amide bonds. The van der Waals surface area contributed by atoms with Crippen molar-refractivity contribution in [2.45, 2.75) is 20.3 Å². The maximum Gasteiger partial charge on any atom is 0.263 e. The third kappa shape index (κ3) is 3.68. The molecular formula is C14H20N4O2S. The van der Waals surface area contributed by atoms with Crippen molar-refractivity contribution in [1.29, 1.82) is 0 Å². The highest BCUT2D eigenvalue weighted by Gasteiger charge is 2.22. The molecule has 0 aliphatic heterocycles. The van der Waals surface area contributed by atoms with Crippen LogP contribution in [0.5, 0.6) is 0 Å². The van der Waals surface area contributed by atoms with Gasteiger partial charge in [-0.25, -0.2) is 9.97 Å². The summed E-state index contributed by atoms with van der Waals surface area (Å²) in [5.41, 5.74) is 6.94. The summed E-state index contributed by atoms with van der Waals surface area (Å²) in [5.74, 6) is -0.178. The summed E-state index contributed by atoms with van der Waals surface area (Å²) in [4.78, 5) is 21.8. The van der Waals surface area contributed by atoms with Gasteiger partial charge in [0.15, 0.2) is 0 Å². The number of nitrogens with zero attached hydrogens (tertiary/aromatic N) is 2. The number of thiophene rings is 1. The lowest BCUT2D eigenvalue weighted by Gasteiger charge is -2.24. The normalized spacial score (nSPS) is 11.8. The van der Waals surface area contributed by atoms with Gasteiger partial charge in [-0.3, -0.25) is 4.79 Å². The van der Waals surface area contributed by atoms with Crippen LogP contribution < -0.4 is 11.1 Å². The van der Waals surface area contributed by atoms with Gasteiger partial charge in [0.05, 0.1) is 5.69 Å². The number of rotatable bonds is 6. The Balaban J connectivity index is 2.07. The number of nitrogens with one attached hydrogen (secondary N) is 1.